The molecule has 0 spiro atoms. The second-order valence-corrected chi connectivity index (χ2v) is 6.43. The number of aryl methyl sites for hydroxylation is 1. The molecule has 0 aliphatic carbocycles. The van der Waals surface area contributed by atoms with E-state index in [0.29, 0.717) is 12.5 Å². The highest BCUT2D eigenvalue weighted by Crippen LogP contribution is 2.25. The number of nitrogens with zero attached hydrogens (tertiary/aromatic N) is 3. The number of carbonyl (C=O) groups excluding carboxylic acids is 1. The first kappa shape index (κ1) is 14.0. The molecule has 5 nitrogen and oxygen atoms in total. The highest BCUT2D eigenvalue weighted by atomic mass is 32.1. The molecule has 1 amide bonds. The highest BCUT2D eigenvalue weighted by molar-refractivity contribution is 7.19. The Hall–Kier alpha value is -1.43. The fourth-order valence-electron chi connectivity index (χ4n) is 1.89. The minimum absolute atomic E-state index is 0.0172. The quantitative estimate of drug-likeness (QED) is 0.936. The van der Waals surface area contributed by atoms with E-state index in [-0.39, 0.29) is 11.8 Å². The molecule has 0 saturated heterocycles. The van der Waals surface area contributed by atoms with Crippen molar-refractivity contribution in [2.45, 2.75) is 40.5 Å². The third kappa shape index (κ3) is 2.63. The van der Waals surface area contributed by atoms with Gasteiger partial charge in [0.05, 0.1) is 0 Å². The van der Waals surface area contributed by atoms with Crippen LogP contribution in [0.2, 0.25) is 0 Å². The molecule has 6 heteroatoms. The van der Waals surface area contributed by atoms with Gasteiger partial charge in [0.2, 0.25) is 4.96 Å². The lowest BCUT2D eigenvalue weighted by atomic mass is 10.2. The van der Waals surface area contributed by atoms with E-state index in [1.54, 1.807) is 0 Å². The van der Waals surface area contributed by atoms with E-state index in [1.165, 1.54) is 11.3 Å². The number of amides is 1. The Labute approximate surface area is 117 Å². The molecule has 104 valence electrons. The predicted octanol–water partition coefficient (Wildman–Crippen LogP) is 2.61. The number of hydrogen-bond donors (Lipinski definition) is 1. The monoisotopic (exact) mass is 280 g/mol. The van der Waals surface area contributed by atoms with Crippen LogP contribution in [0.3, 0.4) is 0 Å². The van der Waals surface area contributed by atoms with Gasteiger partial charge in [-0.15, -0.1) is 10.2 Å². The third-order valence-corrected chi connectivity index (χ3v) is 4.04. The Morgan fingerprint density at radius 2 is 2.00 bits per heavy atom. The predicted molar refractivity (Wildman–Crippen MR) is 76.9 cm³/mol. The molecular formula is C13H20N4OS. The molecule has 0 radical (unpaired) electrons. The molecule has 0 bridgehead atoms. The summed E-state index contributed by atoms with van der Waals surface area (Å²) in [6.45, 7) is 10.9. The fourth-order valence-corrected chi connectivity index (χ4v) is 2.88. The molecule has 2 rings (SSSR count). The zero-order chi connectivity index (χ0) is 14.2. The van der Waals surface area contributed by atoms with Crippen molar-refractivity contribution in [2.24, 2.45) is 5.92 Å². The van der Waals surface area contributed by atoms with Crippen LogP contribution in [0.5, 0.6) is 0 Å². The number of fused-ring (bicyclic) bond motifs is 1. The standard InChI is InChI=1S/C13H20N4OS/c1-7(2)6-14-12(18)10-9(5)17-11(8(3)4)15-16-13(17)19-10/h7-8H,6H2,1-5H3,(H,14,18). The van der Waals surface area contributed by atoms with Crippen LogP contribution >= 0.6 is 11.3 Å². The molecule has 1 N–H and O–H groups in total. The van der Waals surface area contributed by atoms with Crippen LogP contribution in [0.15, 0.2) is 0 Å². The van der Waals surface area contributed by atoms with E-state index in [4.69, 9.17) is 0 Å². The number of aromatic nitrogens is 3. The second kappa shape index (κ2) is 5.28. The minimum Gasteiger partial charge on any atom is -0.351 e. The Kier molecular flexibility index (Phi) is 3.89. The van der Waals surface area contributed by atoms with E-state index < -0.39 is 0 Å². The van der Waals surface area contributed by atoms with Crippen molar-refractivity contribution in [3.63, 3.8) is 0 Å². The van der Waals surface area contributed by atoms with Gasteiger partial charge in [-0.05, 0) is 12.8 Å². The lowest BCUT2D eigenvalue weighted by Crippen LogP contribution is -2.27. The molecule has 19 heavy (non-hydrogen) atoms. The second-order valence-electron chi connectivity index (χ2n) is 5.45. The van der Waals surface area contributed by atoms with E-state index in [1.807, 2.05) is 11.3 Å². The van der Waals surface area contributed by atoms with Crippen LogP contribution in [-0.2, 0) is 0 Å². The zero-order valence-electron chi connectivity index (χ0n) is 12.0. The molecule has 2 aromatic heterocycles. The van der Waals surface area contributed by atoms with E-state index in [0.717, 1.165) is 21.4 Å². The van der Waals surface area contributed by atoms with Crippen LogP contribution in [0.1, 0.15) is 54.8 Å². The van der Waals surface area contributed by atoms with Crippen LogP contribution in [-0.4, -0.2) is 27.0 Å². The Bertz CT molecular complexity index is 597. The van der Waals surface area contributed by atoms with Gasteiger partial charge in [0.1, 0.15) is 10.7 Å². The maximum absolute atomic E-state index is 12.2. The van der Waals surface area contributed by atoms with Gasteiger partial charge in [-0.1, -0.05) is 39.0 Å². The van der Waals surface area contributed by atoms with Crippen molar-refractivity contribution in [1.29, 1.82) is 0 Å². The summed E-state index contributed by atoms with van der Waals surface area (Å²) >= 11 is 1.40. The summed E-state index contributed by atoms with van der Waals surface area (Å²) in [4.78, 5) is 13.7. The summed E-state index contributed by atoms with van der Waals surface area (Å²) in [5.41, 5.74) is 0.926. The largest absolute Gasteiger partial charge is 0.351 e. The molecule has 0 aliphatic heterocycles. The van der Waals surface area contributed by atoms with Gasteiger partial charge in [0.25, 0.3) is 5.91 Å². The van der Waals surface area contributed by atoms with Crippen LogP contribution in [0.4, 0.5) is 0 Å². The van der Waals surface area contributed by atoms with Crippen molar-refractivity contribution in [2.75, 3.05) is 6.54 Å². The first-order valence-electron chi connectivity index (χ1n) is 6.54. The molecule has 0 aromatic carbocycles. The summed E-state index contributed by atoms with van der Waals surface area (Å²) < 4.78 is 1.99. The van der Waals surface area contributed by atoms with E-state index >= 15 is 0 Å². The molecule has 0 saturated carbocycles. The Balaban J connectivity index is 2.35. The smallest absolute Gasteiger partial charge is 0.263 e. The normalized spacial score (nSPS) is 11.7. The van der Waals surface area contributed by atoms with Gasteiger partial charge in [0.15, 0.2) is 0 Å². The molecule has 0 atom stereocenters. The van der Waals surface area contributed by atoms with Gasteiger partial charge in [-0.25, -0.2) is 0 Å². The van der Waals surface area contributed by atoms with E-state index in [9.17, 15) is 4.79 Å². The molecule has 0 fully saturated rings. The van der Waals surface area contributed by atoms with Gasteiger partial charge in [-0.3, -0.25) is 9.20 Å². The van der Waals surface area contributed by atoms with Crippen LogP contribution in [0, 0.1) is 12.8 Å². The molecule has 0 unspecified atom stereocenters. The topological polar surface area (TPSA) is 59.3 Å². The van der Waals surface area contributed by atoms with Crippen LogP contribution in [0.25, 0.3) is 4.96 Å². The average molecular weight is 280 g/mol. The van der Waals surface area contributed by atoms with E-state index in [2.05, 4.69) is 43.2 Å². The number of rotatable bonds is 4. The lowest BCUT2D eigenvalue weighted by Gasteiger charge is -2.07. The van der Waals surface area contributed by atoms with Crippen molar-refractivity contribution < 1.29 is 4.79 Å². The van der Waals surface area contributed by atoms with Crippen molar-refractivity contribution in [1.82, 2.24) is 19.9 Å². The summed E-state index contributed by atoms with van der Waals surface area (Å²) in [5.74, 6) is 1.62. The van der Waals surface area contributed by atoms with Crippen molar-refractivity contribution in [3.05, 3.63) is 16.4 Å². The summed E-state index contributed by atoms with van der Waals surface area (Å²) in [6.07, 6.45) is 0. The molecule has 2 aromatic rings. The number of carbonyl (C=O) groups is 1. The molecule has 2 heterocycles. The number of hydrogen-bond acceptors (Lipinski definition) is 4. The third-order valence-electron chi connectivity index (χ3n) is 2.91. The average Bonchev–Trinajstić information content (AvgIpc) is 2.87. The van der Waals surface area contributed by atoms with Gasteiger partial charge >= 0.3 is 0 Å². The summed E-state index contributed by atoms with van der Waals surface area (Å²) in [7, 11) is 0. The number of nitrogens with one attached hydrogen (secondary N) is 1. The summed E-state index contributed by atoms with van der Waals surface area (Å²) in [5, 5.41) is 11.3. The van der Waals surface area contributed by atoms with Gasteiger partial charge in [0, 0.05) is 18.2 Å². The number of thiazole rings is 1. The fraction of sp³-hybridized carbons (Fsp3) is 0.615. The van der Waals surface area contributed by atoms with Crippen molar-refractivity contribution in [3.8, 4) is 0 Å². The highest BCUT2D eigenvalue weighted by Gasteiger charge is 2.20. The first-order valence-corrected chi connectivity index (χ1v) is 7.36. The molecular weight excluding hydrogens is 260 g/mol. The van der Waals surface area contributed by atoms with Crippen LogP contribution < -0.4 is 5.32 Å². The Morgan fingerprint density at radius 3 is 2.58 bits per heavy atom. The summed E-state index contributed by atoms with van der Waals surface area (Å²) in [6, 6.07) is 0. The minimum atomic E-state index is -0.0172. The van der Waals surface area contributed by atoms with Gasteiger partial charge in [-0.2, -0.15) is 0 Å². The maximum atomic E-state index is 12.2. The van der Waals surface area contributed by atoms with Crippen molar-refractivity contribution >= 4 is 22.2 Å². The SMILES string of the molecule is Cc1c(C(=O)NCC(C)C)sc2nnc(C(C)C)n12. The molecule has 0 aliphatic rings. The lowest BCUT2D eigenvalue weighted by molar-refractivity contribution is 0.0952. The first-order chi connectivity index (χ1) is 8.91. The zero-order valence-corrected chi connectivity index (χ0v) is 12.8. The maximum Gasteiger partial charge on any atom is 0.263 e. The Morgan fingerprint density at radius 1 is 1.32 bits per heavy atom. The van der Waals surface area contributed by atoms with Gasteiger partial charge < -0.3 is 5.32 Å².